The van der Waals surface area contributed by atoms with E-state index in [1.165, 1.54) is 0 Å². The molecule has 1 aromatic carbocycles. The van der Waals surface area contributed by atoms with Gasteiger partial charge in [-0.25, -0.2) is 0 Å². The summed E-state index contributed by atoms with van der Waals surface area (Å²) in [5.41, 5.74) is -0.0763. The van der Waals surface area contributed by atoms with Gasteiger partial charge in [-0.3, -0.25) is 9.19 Å². The van der Waals surface area contributed by atoms with E-state index >= 15 is 0 Å². The van der Waals surface area contributed by atoms with Crippen molar-refractivity contribution in [2.75, 3.05) is 12.0 Å². The van der Waals surface area contributed by atoms with Gasteiger partial charge >= 0.3 is 0 Å². The number of hydrogen-bond donors (Lipinski definition) is 1. The van der Waals surface area contributed by atoms with Crippen LogP contribution in [0.1, 0.15) is 11.3 Å². The fourth-order valence-corrected chi connectivity index (χ4v) is 2.82. The van der Waals surface area contributed by atoms with Crippen molar-refractivity contribution in [1.29, 1.82) is 0 Å². The Labute approximate surface area is 109 Å². The lowest BCUT2D eigenvalue weighted by molar-refractivity contribution is 0.102. The first kappa shape index (κ1) is 12.9. The van der Waals surface area contributed by atoms with Gasteiger partial charge in [-0.2, -0.15) is 0 Å². The molecule has 0 radical (unpaired) electrons. The Hall–Kier alpha value is -1.52. The van der Waals surface area contributed by atoms with Crippen LogP contribution in [0.3, 0.4) is 0 Å². The fourth-order valence-electron chi connectivity index (χ4n) is 1.92. The van der Waals surface area contributed by atoms with Gasteiger partial charge in [0.25, 0.3) is 0 Å². The van der Waals surface area contributed by atoms with Crippen molar-refractivity contribution in [3.63, 3.8) is 0 Å². The summed E-state index contributed by atoms with van der Waals surface area (Å²) in [6.45, 7) is 0. The molecule has 0 aliphatic carbocycles. The zero-order chi connectivity index (χ0) is 13.0. The number of rotatable bonds is 4. The Bertz CT molecular complexity index is 489. The monoisotopic (exact) mass is 261 g/mol. The molecule has 3 nitrogen and oxygen atoms in total. The third-order valence-electron chi connectivity index (χ3n) is 2.75. The summed E-state index contributed by atoms with van der Waals surface area (Å²) >= 11 is 0. The molecule has 2 atom stereocenters. The molecule has 2 rings (SSSR count). The molecule has 1 aromatic heterocycles. The average molecular weight is 261 g/mol. The van der Waals surface area contributed by atoms with E-state index in [0.717, 1.165) is 0 Å². The molecule has 94 valence electrons. The highest BCUT2D eigenvalue weighted by molar-refractivity contribution is 7.84. The minimum absolute atomic E-state index is 0.133. The van der Waals surface area contributed by atoms with Crippen molar-refractivity contribution in [2.24, 2.45) is 0 Å². The van der Waals surface area contributed by atoms with Gasteiger partial charge in [-0.15, -0.1) is 0 Å². The van der Waals surface area contributed by atoms with Crippen LogP contribution >= 0.6 is 0 Å². The predicted octanol–water partition coefficient (Wildman–Crippen LogP) is 1.70. The molecule has 0 aliphatic heterocycles. The van der Waals surface area contributed by atoms with Crippen LogP contribution < -0.4 is 0 Å². The summed E-state index contributed by atoms with van der Waals surface area (Å²) < 4.78 is 11.5. The van der Waals surface area contributed by atoms with Crippen LogP contribution in [0.4, 0.5) is 0 Å². The lowest BCUT2D eigenvalue weighted by Gasteiger charge is -2.27. The Morgan fingerprint density at radius 3 is 2.39 bits per heavy atom. The van der Waals surface area contributed by atoms with Crippen LogP contribution in [0.5, 0.6) is 0 Å². The van der Waals surface area contributed by atoms with E-state index in [9.17, 15) is 9.32 Å². The first-order chi connectivity index (χ1) is 8.63. The maximum atomic E-state index is 11.5. The minimum atomic E-state index is -1.30. The number of benzene rings is 1. The van der Waals surface area contributed by atoms with Gasteiger partial charge in [-0.05, 0) is 17.7 Å². The SMILES string of the molecule is C[S@](=O)C[C@](O)(c1ccccc1)c1ccccn1. The van der Waals surface area contributed by atoms with Crippen molar-refractivity contribution in [1.82, 2.24) is 4.98 Å². The van der Waals surface area contributed by atoms with Crippen LogP contribution in [-0.4, -0.2) is 26.3 Å². The second-order valence-corrected chi connectivity index (χ2v) is 5.59. The highest BCUT2D eigenvalue weighted by Crippen LogP contribution is 2.28. The van der Waals surface area contributed by atoms with Gasteiger partial charge in [0.15, 0.2) is 0 Å². The van der Waals surface area contributed by atoms with Crippen molar-refractivity contribution in [3.05, 3.63) is 66.0 Å². The summed E-state index contributed by atoms with van der Waals surface area (Å²) in [5, 5.41) is 10.9. The standard InChI is InChI=1S/C14H15NO2S/c1-18(17)11-14(16,12-7-3-2-4-8-12)13-9-5-6-10-15-13/h2-10,16H,11H2,1H3/t14-,18-/m0/s1. The molecule has 0 spiro atoms. The number of aliphatic hydroxyl groups is 1. The van der Waals surface area contributed by atoms with Crippen LogP contribution in [-0.2, 0) is 16.4 Å². The molecule has 0 saturated carbocycles. The second kappa shape index (κ2) is 5.42. The summed E-state index contributed by atoms with van der Waals surface area (Å²) in [6, 6.07) is 14.6. The van der Waals surface area contributed by atoms with E-state index in [2.05, 4.69) is 4.98 Å². The highest BCUT2D eigenvalue weighted by Gasteiger charge is 2.33. The van der Waals surface area contributed by atoms with Gasteiger partial charge in [0, 0.05) is 23.3 Å². The molecule has 4 heteroatoms. The lowest BCUT2D eigenvalue weighted by atomic mass is 9.92. The maximum Gasteiger partial charge on any atom is 0.143 e. The van der Waals surface area contributed by atoms with Crippen LogP contribution in [0.2, 0.25) is 0 Å². The largest absolute Gasteiger partial charge is 0.378 e. The first-order valence-electron chi connectivity index (χ1n) is 5.62. The molecular formula is C14H15NO2S. The predicted molar refractivity (Wildman–Crippen MR) is 72.6 cm³/mol. The minimum Gasteiger partial charge on any atom is -0.378 e. The summed E-state index contributed by atoms with van der Waals surface area (Å²) in [7, 11) is -1.13. The summed E-state index contributed by atoms with van der Waals surface area (Å²) in [4.78, 5) is 4.20. The molecular weight excluding hydrogens is 246 g/mol. The van der Waals surface area contributed by atoms with E-state index in [0.29, 0.717) is 11.3 Å². The zero-order valence-corrected chi connectivity index (χ0v) is 10.9. The van der Waals surface area contributed by atoms with E-state index in [4.69, 9.17) is 0 Å². The zero-order valence-electron chi connectivity index (χ0n) is 10.1. The fraction of sp³-hybridized carbons (Fsp3) is 0.214. The number of pyridine rings is 1. The molecule has 2 aromatic rings. The first-order valence-corrected chi connectivity index (χ1v) is 7.35. The Morgan fingerprint density at radius 2 is 1.83 bits per heavy atom. The molecule has 0 amide bonds. The van der Waals surface area contributed by atoms with Crippen molar-refractivity contribution in [3.8, 4) is 0 Å². The van der Waals surface area contributed by atoms with Gasteiger partial charge in [0.1, 0.15) is 5.60 Å². The highest BCUT2D eigenvalue weighted by atomic mass is 32.2. The van der Waals surface area contributed by atoms with Crippen LogP contribution in [0.25, 0.3) is 0 Å². The topological polar surface area (TPSA) is 50.2 Å². The molecule has 0 aliphatic rings. The smallest absolute Gasteiger partial charge is 0.143 e. The molecule has 1 heterocycles. The number of aromatic nitrogens is 1. The van der Waals surface area contributed by atoms with E-state index < -0.39 is 16.4 Å². The third-order valence-corrected chi connectivity index (χ3v) is 3.58. The van der Waals surface area contributed by atoms with Crippen LogP contribution in [0.15, 0.2) is 54.7 Å². The number of hydrogen-bond acceptors (Lipinski definition) is 3. The molecule has 0 fully saturated rings. The van der Waals surface area contributed by atoms with Gasteiger partial charge in [0.2, 0.25) is 0 Å². The van der Waals surface area contributed by atoms with Gasteiger partial charge in [-0.1, -0.05) is 36.4 Å². The molecule has 0 saturated heterocycles. The van der Waals surface area contributed by atoms with Gasteiger partial charge in [0.05, 0.1) is 11.4 Å². The number of nitrogens with zero attached hydrogens (tertiary/aromatic N) is 1. The molecule has 0 unspecified atom stereocenters. The van der Waals surface area contributed by atoms with E-state index in [-0.39, 0.29) is 5.75 Å². The van der Waals surface area contributed by atoms with Crippen molar-refractivity contribution in [2.45, 2.75) is 5.60 Å². The maximum absolute atomic E-state index is 11.5. The summed E-state index contributed by atoms with van der Waals surface area (Å²) in [6.07, 6.45) is 3.21. The molecule has 1 N–H and O–H groups in total. The Morgan fingerprint density at radius 1 is 1.17 bits per heavy atom. The summed E-state index contributed by atoms with van der Waals surface area (Å²) in [5.74, 6) is 0.133. The molecule has 18 heavy (non-hydrogen) atoms. The Balaban J connectivity index is 2.51. The van der Waals surface area contributed by atoms with Crippen molar-refractivity contribution < 1.29 is 9.32 Å². The normalized spacial score (nSPS) is 15.9. The van der Waals surface area contributed by atoms with E-state index in [1.54, 1.807) is 24.6 Å². The third kappa shape index (κ3) is 2.66. The quantitative estimate of drug-likeness (QED) is 0.911. The van der Waals surface area contributed by atoms with E-state index in [1.807, 2.05) is 36.4 Å². The second-order valence-electron chi connectivity index (χ2n) is 4.16. The lowest BCUT2D eigenvalue weighted by Crippen LogP contribution is -2.34. The average Bonchev–Trinajstić information content (AvgIpc) is 2.40. The van der Waals surface area contributed by atoms with Crippen molar-refractivity contribution >= 4 is 10.8 Å². The Kier molecular flexibility index (Phi) is 3.89. The molecule has 0 bridgehead atoms. The van der Waals surface area contributed by atoms with Gasteiger partial charge < -0.3 is 5.11 Å². The van der Waals surface area contributed by atoms with Crippen LogP contribution in [0, 0.1) is 0 Å².